The van der Waals surface area contributed by atoms with E-state index in [4.69, 9.17) is 5.11 Å². The van der Waals surface area contributed by atoms with Gasteiger partial charge in [0.05, 0.1) is 11.9 Å². The number of hydrogen-bond acceptors (Lipinski definition) is 3. The van der Waals surface area contributed by atoms with Gasteiger partial charge in [-0.3, -0.25) is 0 Å². The van der Waals surface area contributed by atoms with E-state index in [0.29, 0.717) is 6.04 Å². The molecule has 0 saturated carbocycles. The topological polar surface area (TPSA) is 53.4 Å². The van der Waals surface area contributed by atoms with Crippen molar-refractivity contribution >= 4 is 11.7 Å². The maximum absolute atomic E-state index is 10.6. The highest BCUT2D eigenvalue weighted by Gasteiger charge is 2.09. The highest BCUT2D eigenvalue weighted by atomic mass is 16.4. The molecular weight excluding hydrogens is 192 g/mol. The molecule has 1 heterocycles. The fraction of sp³-hybridized carbons (Fsp3) is 0.455. The van der Waals surface area contributed by atoms with Crippen LogP contribution in [0, 0.1) is 0 Å². The zero-order valence-electron chi connectivity index (χ0n) is 9.27. The molecule has 0 radical (unpaired) electrons. The van der Waals surface area contributed by atoms with Crippen LogP contribution < -0.4 is 4.90 Å². The number of carbonyl (C=O) groups is 1. The molecule has 1 atom stereocenters. The van der Waals surface area contributed by atoms with Gasteiger partial charge in [0.25, 0.3) is 0 Å². The number of pyridine rings is 1. The van der Waals surface area contributed by atoms with E-state index in [-0.39, 0.29) is 5.69 Å². The first-order valence-electron chi connectivity index (χ1n) is 4.98. The summed E-state index contributed by atoms with van der Waals surface area (Å²) in [5.41, 5.74) is 1.02. The van der Waals surface area contributed by atoms with Crippen molar-refractivity contribution in [3.05, 3.63) is 24.0 Å². The minimum Gasteiger partial charge on any atom is -0.477 e. The number of carboxylic acid groups (broad SMARTS) is 1. The molecule has 0 bridgehead atoms. The lowest BCUT2D eigenvalue weighted by Gasteiger charge is -2.25. The van der Waals surface area contributed by atoms with Crippen LogP contribution in [0.4, 0.5) is 5.69 Å². The lowest BCUT2D eigenvalue weighted by atomic mass is 10.2. The first-order chi connectivity index (χ1) is 7.06. The molecule has 4 heteroatoms. The van der Waals surface area contributed by atoms with Crippen molar-refractivity contribution in [2.45, 2.75) is 26.3 Å². The average molecular weight is 208 g/mol. The molecule has 0 amide bonds. The number of aromatic carboxylic acids is 1. The predicted molar refractivity (Wildman–Crippen MR) is 59.4 cm³/mol. The third kappa shape index (κ3) is 2.68. The molecule has 1 aromatic rings. The van der Waals surface area contributed by atoms with E-state index < -0.39 is 5.97 Å². The fourth-order valence-corrected chi connectivity index (χ4v) is 1.25. The zero-order chi connectivity index (χ0) is 11.4. The average Bonchev–Trinajstić information content (AvgIpc) is 2.27. The summed E-state index contributed by atoms with van der Waals surface area (Å²) < 4.78 is 0. The van der Waals surface area contributed by atoms with Crippen LogP contribution in [0.5, 0.6) is 0 Å². The molecule has 0 fully saturated rings. The SMILES string of the molecule is CCC(C)N(C)c1ccc(C(=O)O)nc1. The summed E-state index contributed by atoms with van der Waals surface area (Å²) in [7, 11) is 1.98. The molecular formula is C11H16N2O2. The summed E-state index contributed by atoms with van der Waals surface area (Å²) in [5.74, 6) is -0.993. The van der Waals surface area contributed by atoms with E-state index >= 15 is 0 Å². The smallest absolute Gasteiger partial charge is 0.354 e. The number of aromatic nitrogens is 1. The number of hydrogen-bond donors (Lipinski definition) is 1. The standard InChI is InChI=1S/C11H16N2O2/c1-4-8(2)13(3)9-5-6-10(11(14)15)12-7-9/h5-8H,4H2,1-3H3,(H,14,15). The van der Waals surface area contributed by atoms with Gasteiger partial charge < -0.3 is 10.0 Å². The van der Waals surface area contributed by atoms with Crippen molar-refractivity contribution in [2.24, 2.45) is 0 Å². The monoisotopic (exact) mass is 208 g/mol. The van der Waals surface area contributed by atoms with Gasteiger partial charge in [-0.2, -0.15) is 0 Å². The van der Waals surface area contributed by atoms with Crippen LogP contribution in [0.2, 0.25) is 0 Å². The van der Waals surface area contributed by atoms with Crippen LogP contribution in [0.15, 0.2) is 18.3 Å². The lowest BCUT2D eigenvalue weighted by molar-refractivity contribution is 0.0690. The summed E-state index contributed by atoms with van der Waals surface area (Å²) in [4.78, 5) is 16.6. The Morgan fingerprint density at radius 1 is 1.60 bits per heavy atom. The number of rotatable bonds is 4. The van der Waals surface area contributed by atoms with E-state index in [2.05, 4.69) is 23.7 Å². The van der Waals surface area contributed by atoms with Gasteiger partial charge in [-0.25, -0.2) is 9.78 Å². The van der Waals surface area contributed by atoms with Crippen molar-refractivity contribution in [1.82, 2.24) is 4.98 Å². The van der Waals surface area contributed by atoms with Crippen LogP contribution >= 0.6 is 0 Å². The molecule has 0 aliphatic heterocycles. The molecule has 0 aromatic carbocycles. The first kappa shape index (κ1) is 11.5. The third-order valence-electron chi connectivity index (χ3n) is 2.63. The van der Waals surface area contributed by atoms with Crippen molar-refractivity contribution in [1.29, 1.82) is 0 Å². The van der Waals surface area contributed by atoms with Gasteiger partial charge in [0.2, 0.25) is 0 Å². The van der Waals surface area contributed by atoms with Crippen molar-refractivity contribution in [3.63, 3.8) is 0 Å². The Hall–Kier alpha value is -1.58. The van der Waals surface area contributed by atoms with E-state index in [9.17, 15) is 4.79 Å². The summed E-state index contributed by atoms with van der Waals surface area (Å²) in [6.45, 7) is 4.23. The first-order valence-corrected chi connectivity index (χ1v) is 4.98. The van der Waals surface area contributed by atoms with E-state index in [1.165, 1.54) is 6.07 Å². The molecule has 82 valence electrons. The second-order valence-corrected chi connectivity index (χ2v) is 3.57. The summed E-state index contributed by atoms with van der Waals surface area (Å²) >= 11 is 0. The Balaban J connectivity index is 2.84. The molecule has 0 saturated heterocycles. The highest BCUT2D eigenvalue weighted by Crippen LogP contribution is 2.15. The minimum atomic E-state index is -0.993. The number of anilines is 1. The Morgan fingerprint density at radius 2 is 2.27 bits per heavy atom. The van der Waals surface area contributed by atoms with Crippen LogP contribution in [-0.4, -0.2) is 29.1 Å². The van der Waals surface area contributed by atoms with Gasteiger partial charge in [-0.1, -0.05) is 6.92 Å². The Labute approximate surface area is 89.6 Å². The molecule has 0 aliphatic rings. The van der Waals surface area contributed by atoms with Crippen LogP contribution in [0.3, 0.4) is 0 Å². The van der Waals surface area contributed by atoms with Crippen molar-refractivity contribution in [3.8, 4) is 0 Å². The van der Waals surface area contributed by atoms with Gasteiger partial charge in [-0.05, 0) is 25.5 Å². The second-order valence-electron chi connectivity index (χ2n) is 3.57. The summed E-state index contributed by atoms with van der Waals surface area (Å²) in [5, 5.41) is 8.69. The Bertz CT molecular complexity index is 335. The fourth-order valence-electron chi connectivity index (χ4n) is 1.25. The van der Waals surface area contributed by atoms with Crippen molar-refractivity contribution in [2.75, 3.05) is 11.9 Å². The molecule has 1 aromatic heterocycles. The van der Waals surface area contributed by atoms with Gasteiger partial charge in [0.15, 0.2) is 0 Å². The third-order valence-corrected chi connectivity index (χ3v) is 2.63. The summed E-state index contributed by atoms with van der Waals surface area (Å²) in [6, 6.07) is 3.72. The molecule has 0 spiro atoms. The Morgan fingerprint density at radius 3 is 2.67 bits per heavy atom. The lowest BCUT2D eigenvalue weighted by Crippen LogP contribution is -2.28. The van der Waals surface area contributed by atoms with E-state index in [1.807, 2.05) is 7.05 Å². The van der Waals surface area contributed by atoms with Gasteiger partial charge in [-0.15, -0.1) is 0 Å². The molecule has 4 nitrogen and oxygen atoms in total. The second kappa shape index (κ2) is 4.77. The predicted octanol–water partition coefficient (Wildman–Crippen LogP) is 2.01. The molecule has 1 unspecified atom stereocenters. The van der Waals surface area contributed by atoms with Crippen molar-refractivity contribution < 1.29 is 9.90 Å². The summed E-state index contributed by atoms with van der Waals surface area (Å²) in [6.07, 6.45) is 2.63. The largest absolute Gasteiger partial charge is 0.477 e. The van der Waals surface area contributed by atoms with Crippen LogP contribution in [0.25, 0.3) is 0 Å². The van der Waals surface area contributed by atoms with E-state index in [0.717, 1.165) is 12.1 Å². The van der Waals surface area contributed by atoms with Gasteiger partial charge in [0.1, 0.15) is 5.69 Å². The maximum atomic E-state index is 10.6. The molecule has 1 rings (SSSR count). The zero-order valence-corrected chi connectivity index (χ0v) is 9.27. The maximum Gasteiger partial charge on any atom is 0.354 e. The van der Waals surface area contributed by atoms with Crippen LogP contribution in [0.1, 0.15) is 30.8 Å². The van der Waals surface area contributed by atoms with Gasteiger partial charge in [0, 0.05) is 13.1 Å². The molecule has 15 heavy (non-hydrogen) atoms. The highest BCUT2D eigenvalue weighted by molar-refractivity contribution is 5.85. The quantitative estimate of drug-likeness (QED) is 0.822. The normalized spacial score (nSPS) is 12.2. The van der Waals surface area contributed by atoms with E-state index in [1.54, 1.807) is 12.3 Å². The number of nitrogens with zero attached hydrogens (tertiary/aromatic N) is 2. The van der Waals surface area contributed by atoms with Gasteiger partial charge >= 0.3 is 5.97 Å². The number of carboxylic acids is 1. The Kier molecular flexibility index (Phi) is 3.66. The minimum absolute atomic E-state index is 0.0799. The molecule has 0 aliphatic carbocycles. The van der Waals surface area contributed by atoms with Crippen LogP contribution in [-0.2, 0) is 0 Å². The molecule has 1 N–H and O–H groups in total.